The van der Waals surface area contributed by atoms with Crippen LogP contribution in [-0.2, 0) is 22.4 Å². The van der Waals surface area contributed by atoms with Crippen LogP contribution in [-0.4, -0.2) is 23.0 Å². The van der Waals surface area contributed by atoms with Crippen LogP contribution in [0.15, 0.2) is 29.4 Å². The Kier molecular flexibility index (Phi) is 5.76. The first-order chi connectivity index (χ1) is 13.5. The number of hydrogen-bond donors (Lipinski definition) is 2. The first-order valence-corrected chi connectivity index (χ1v) is 9.24. The maximum Gasteiger partial charge on any atom is 0.329 e. The summed E-state index contributed by atoms with van der Waals surface area (Å²) >= 11 is 1.33. The summed E-state index contributed by atoms with van der Waals surface area (Å²) in [4.78, 5) is 35.2. The molecule has 0 spiro atoms. The second kappa shape index (κ2) is 8.41. The van der Waals surface area contributed by atoms with Gasteiger partial charge < -0.3 is 5.32 Å². The number of amides is 2. The van der Waals surface area contributed by atoms with Gasteiger partial charge in [0.15, 0.2) is 0 Å². The van der Waals surface area contributed by atoms with Crippen molar-refractivity contribution in [1.29, 1.82) is 5.26 Å². The molecule has 0 aliphatic heterocycles. The van der Waals surface area contributed by atoms with Crippen LogP contribution in [0.3, 0.4) is 0 Å². The van der Waals surface area contributed by atoms with Gasteiger partial charge in [-0.2, -0.15) is 10.4 Å². The van der Waals surface area contributed by atoms with Gasteiger partial charge in [-0.15, -0.1) is 11.3 Å². The van der Waals surface area contributed by atoms with Gasteiger partial charge in [0.1, 0.15) is 11.1 Å². The van der Waals surface area contributed by atoms with Crippen LogP contribution in [0.5, 0.6) is 0 Å². The Morgan fingerprint density at radius 3 is 2.61 bits per heavy atom. The van der Waals surface area contributed by atoms with Gasteiger partial charge in [0.05, 0.1) is 16.7 Å². The van der Waals surface area contributed by atoms with Crippen LogP contribution < -0.4 is 10.7 Å². The van der Waals surface area contributed by atoms with Gasteiger partial charge >= 0.3 is 11.8 Å². The Bertz CT molecular complexity index is 1000. The normalized spacial score (nSPS) is 12.8. The van der Waals surface area contributed by atoms with Crippen molar-refractivity contribution in [2.75, 3.05) is 5.32 Å². The molecule has 2 N–H and O–H groups in total. The molecular formula is C18H15N5O4S. The Labute approximate surface area is 163 Å². The maximum absolute atomic E-state index is 12.1. The van der Waals surface area contributed by atoms with E-state index in [0.717, 1.165) is 36.1 Å². The fourth-order valence-corrected chi connectivity index (χ4v) is 4.07. The van der Waals surface area contributed by atoms with Crippen molar-refractivity contribution in [3.63, 3.8) is 0 Å². The highest BCUT2D eigenvalue weighted by Crippen LogP contribution is 2.37. The minimum absolute atomic E-state index is 0.0625. The van der Waals surface area contributed by atoms with Crippen LogP contribution in [0.1, 0.15) is 34.4 Å². The highest BCUT2D eigenvalue weighted by atomic mass is 32.1. The first kappa shape index (κ1) is 19.2. The van der Waals surface area contributed by atoms with Crippen molar-refractivity contribution in [2.45, 2.75) is 25.7 Å². The lowest BCUT2D eigenvalue weighted by atomic mass is 9.96. The smallest absolute Gasteiger partial charge is 0.308 e. The maximum atomic E-state index is 12.1. The van der Waals surface area contributed by atoms with Gasteiger partial charge in [-0.05, 0) is 48.9 Å². The van der Waals surface area contributed by atoms with Gasteiger partial charge in [-0.25, -0.2) is 5.43 Å². The van der Waals surface area contributed by atoms with E-state index in [-0.39, 0.29) is 5.69 Å². The zero-order chi connectivity index (χ0) is 20.1. The lowest BCUT2D eigenvalue weighted by Gasteiger charge is -2.09. The monoisotopic (exact) mass is 397 g/mol. The molecule has 0 fully saturated rings. The summed E-state index contributed by atoms with van der Waals surface area (Å²) in [6.45, 7) is 0. The number of thiophene rings is 1. The van der Waals surface area contributed by atoms with Crippen molar-refractivity contribution in [2.24, 2.45) is 5.10 Å². The number of nitrogens with zero attached hydrogens (tertiary/aromatic N) is 3. The van der Waals surface area contributed by atoms with E-state index < -0.39 is 16.7 Å². The van der Waals surface area contributed by atoms with E-state index >= 15 is 0 Å². The molecule has 9 nitrogen and oxygen atoms in total. The molecule has 10 heteroatoms. The predicted octanol–water partition coefficient (Wildman–Crippen LogP) is 2.50. The molecule has 2 aromatic rings. The number of rotatable bonds is 4. The number of hydrazone groups is 1. The van der Waals surface area contributed by atoms with Gasteiger partial charge in [0.25, 0.3) is 5.69 Å². The molecule has 0 saturated carbocycles. The van der Waals surface area contributed by atoms with E-state index in [2.05, 4.69) is 21.9 Å². The fourth-order valence-electron chi connectivity index (χ4n) is 2.83. The molecular weight excluding hydrogens is 382 g/mol. The van der Waals surface area contributed by atoms with E-state index in [1.165, 1.54) is 41.8 Å². The van der Waals surface area contributed by atoms with Crippen molar-refractivity contribution in [1.82, 2.24) is 5.43 Å². The largest absolute Gasteiger partial charge is 0.329 e. The molecule has 1 aromatic carbocycles. The Morgan fingerprint density at radius 2 is 1.93 bits per heavy atom. The van der Waals surface area contributed by atoms with E-state index in [4.69, 9.17) is 0 Å². The van der Waals surface area contributed by atoms with Crippen molar-refractivity contribution >= 4 is 40.1 Å². The van der Waals surface area contributed by atoms with Gasteiger partial charge in [0, 0.05) is 17.0 Å². The summed E-state index contributed by atoms with van der Waals surface area (Å²) in [5, 5.41) is 26.5. The van der Waals surface area contributed by atoms with Crippen LogP contribution in [0.25, 0.3) is 0 Å². The third kappa shape index (κ3) is 4.21. The summed E-state index contributed by atoms with van der Waals surface area (Å²) in [5.74, 6) is -1.90. The van der Waals surface area contributed by atoms with Crippen LogP contribution >= 0.6 is 11.3 Å². The molecule has 0 atom stereocenters. The Hall–Kier alpha value is -3.58. The molecule has 1 heterocycles. The Morgan fingerprint density at radius 1 is 1.21 bits per heavy atom. The standard InChI is InChI=1S/C18H15N5O4S/c19-9-14-13-3-1-2-4-15(13)28-18(14)21-16(24)17(25)22-20-10-11-5-7-12(8-6-11)23(26)27/h5-8,10H,1-4H2,(H,21,24)(H,22,25). The molecule has 28 heavy (non-hydrogen) atoms. The number of anilines is 1. The SMILES string of the molecule is N#Cc1c(NC(=O)C(=O)NN=Cc2ccc([N+](=O)[O-])cc2)sc2c1CCCC2. The number of nitrogens with one attached hydrogen (secondary N) is 2. The lowest BCUT2D eigenvalue weighted by Crippen LogP contribution is -2.32. The molecule has 0 saturated heterocycles. The number of aryl methyl sites for hydroxylation is 1. The predicted molar refractivity (Wildman–Crippen MR) is 103 cm³/mol. The molecule has 142 valence electrons. The van der Waals surface area contributed by atoms with Crippen molar-refractivity contribution in [3.05, 3.63) is 55.9 Å². The molecule has 0 unspecified atom stereocenters. The minimum Gasteiger partial charge on any atom is -0.308 e. The summed E-state index contributed by atoms with van der Waals surface area (Å²) in [6.07, 6.45) is 4.99. The van der Waals surface area contributed by atoms with Gasteiger partial charge in [0.2, 0.25) is 0 Å². The summed E-state index contributed by atoms with van der Waals surface area (Å²) < 4.78 is 0. The molecule has 1 aliphatic carbocycles. The third-order valence-corrected chi connectivity index (χ3v) is 5.41. The van der Waals surface area contributed by atoms with E-state index in [1.807, 2.05) is 0 Å². The summed E-state index contributed by atoms with van der Waals surface area (Å²) in [6, 6.07) is 7.64. The molecule has 1 aromatic heterocycles. The van der Waals surface area contributed by atoms with E-state index in [0.29, 0.717) is 16.1 Å². The van der Waals surface area contributed by atoms with Crippen molar-refractivity contribution in [3.8, 4) is 6.07 Å². The summed E-state index contributed by atoms with van der Waals surface area (Å²) in [5.41, 5.74) is 3.94. The van der Waals surface area contributed by atoms with E-state index in [1.54, 1.807) is 0 Å². The van der Waals surface area contributed by atoms with E-state index in [9.17, 15) is 25.0 Å². The van der Waals surface area contributed by atoms with Crippen molar-refractivity contribution < 1.29 is 14.5 Å². The quantitative estimate of drug-likeness (QED) is 0.353. The van der Waals surface area contributed by atoms with Crippen LogP contribution in [0, 0.1) is 21.4 Å². The zero-order valence-electron chi connectivity index (χ0n) is 14.6. The summed E-state index contributed by atoms with van der Waals surface area (Å²) in [7, 11) is 0. The second-order valence-corrected chi connectivity index (χ2v) is 7.13. The average molecular weight is 397 g/mol. The fraction of sp³-hybridized carbons (Fsp3) is 0.222. The number of nitro groups is 1. The zero-order valence-corrected chi connectivity index (χ0v) is 15.4. The number of carbonyl (C=O) groups is 2. The molecule has 0 bridgehead atoms. The highest BCUT2D eigenvalue weighted by molar-refractivity contribution is 7.16. The number of hydrogen-bond acceptors (Lipinski definition) is 7. The number of nitriles is 1. The lowest BCUT2D eigenvalue weighted by molar-refractivity contribution is -0.384. The highest BCUT2D eigenvalue weighted by Gasteiger charge is 2.23. The number of non-ortho nitro benzene ring substituents is 1. The third-order valence-electron chi connectivity index (χ3n) is 4.20. The number of carbonyl (C=O) groups excluding carboxylic acids is 2. The van der Waals surface area contributed by atoms with Gasteiger partial charge in [-0.3, -0.25) is 19.7 Å². The molecule has 1 aliphatic rings. The second-order valence-electron chi connectivity index (χ2n) is 6.03. The molecule has 3 rings (SSSR count). The number of fused-ring (bicyclic) bond motifs is 1. The minimum atomic E-state index is -0.978. The van der Waals surface area contributed by atoms with Gasteiger partial charge in [-0.1, -0.05) is 0 Å². The molecule has 0 radical (unpaired) electrons. The van der Waals surface area contributed by atoms with Crippen LogP contribution in [0.2, 0.25) is 0 Å². The van der Waals surface area contributed by atoms with Crippen LogP contribution in [0.4, 0.5) is 10.7 Å². The Balaban J connectivity index is 1.61. The number of nitro benzene ring substituents is 1. The average Bonchev–Trinajstić information content (AvgIpc) is 3.05. The number of benzene rings is 1. The molecule has 2 amide bonds. The first-order valence-electron chi connectivity index (χ1n) is 8.43. The topological polar surface area (TPSA) is 137 Å².